The van der Waals surface area contributed by atoms with Gasteiger partial charge in [-0.15, -0.1) is 0 Å². The van der Waals surface area contributed by atoms with Gasteiger partial charge in [-0.25, -0.2) is 0 Å². The van der Waals surface area contributed by atoms with Gasteiger partial charge in [0, 0.05) is 6.07 Å². The summed E-state index contributed by atoms with van der Waals surface area (Å²) in [4.78, 5) is 0. The maximum atomic E-state index is 5.96. The summed E-state index contributed by atoms with van der Waals surface area (Å²) in [6.07, 6.45) is 0. The van der Waals surface area contributed by atoms with Crippen LogP contribution in [0.4, 0.5) is 5.69 Å². The lowest BCUT2D eigenvalue weighted by molar-refractivity contribution is 0.336. The molecule has 0 heterocycles. The number of para-hydroxylation sites is 1. The largest absolute Gasteiger partial charge is 0.493 e. The molecule has 2 rings (SSSR count). The van der Waals surface area contributed by atoms with Gasteiger partial charge < -0.3 is 19.9 Å². The molecule has 0 amide bonds. The summed E-state index contributed by atoms with van der Waals surface area (Å²) < 4.78 is 16.2. The Morgan fingerprint density at radius 1 is 0.900 bits per heavy atom. The van der Waals surface area contributed by atoms with Gasteiger partial charge in [0.2, 0.25) is 5.75 Å². The Labute approximate surface area is 127 Å². The molecule has 4 nitrogen and oxygen atoms in total. The van der Waals surface area contributed by atoms with Gasteiger partial charge in [0.1, 0.15) is 0 Å². The van der Waals surface area contributed by atoms with Gasteiger partial charge in [-0.2, -0.15) is 0 Å². The summed E-state index contributed by atoms with van der Waals surface area (Å²) in [5.41, 5.74) is 6.24. The standard InChI is InChI=1S/C14H13Cl2NO3/c1-18-11-4-3-5-12(14(11)19-2)20-13-7-9(16)8(15)6-10(13)17/h3-7H,17H2,1-2H3. The van der Waals surface area contributed by atoms with Crippen LogP contribution < -0.4 is 19.9 Å². The highest BCUT2D eigenvalue weighted by Gasteiger charge is 2.14. The average Bonchev–Trinajstić information content (AvgIpc) is 2.44. The van der Waals surface area contributed by atoms with E-state index >= 15 is 0 Å². The maximum absolute atomic E-state index is 5.96. The van der Waals surface area contributed by atoms with Crippen LogP contribution in [0, 0.1) is 0 Å². The van der Waals surface area contributed by atoms with Crippen LogP contribution in [0.5, 0.6) is 23.0 Å². The highest BCUT2D eigenvalue weighted by Crippen LogP contribution is 2.41. The number of benzene rings is 2. The average molecular weight is 314 g/mol. The first-order valence-electron chi connectivity index (χ1n) is 5.70. The van der Waals surface area contributed by atoms with Gasteiger partial charge in [0.15, 0.2) is 17.2 Å². The number of rotatable bonds is 4. The number of nitrogen functional groups attached to an aromatic ring is 1. The zero-order valence-electron chi connectivity index (χ0n) is 10.9. The molecule has 0 aliphatic heterocycles. The highest BCUT2D eigenvalue weighted by atomic mass is 35.5. The number of halogens is 2. The Bertz CT molecular complexity index is 632. The number of hydrogen-bond acceptors (Lipinski definition) is 4. The molecule has 0 aliphatic carbocycles. The summed E-state index contributed by atoms with van der Waals surface area (Å²) in [5.74, 6) is 1.90. The predicted molar refractivity (Wildman–Crippen MR) is 80.5 cm³/mol. The lowest BCUT2D eigenvalue weighted by Crippen LogP contribution is -1.96. The van der Waals surface area contributed by atoms with E-state index in [9.17, 15) is 0 Å². The molecule has 0 aliphatic rings. The Morgan fingerprint density at radius 2 is 1.55 bits per heavy atom. The van der Waals surface area contributed by atoms with E-state index in [0.717, 1.165) is 0 Å². The third-order valence-corrected chi connectivity index (χ3v) is 3.36. The Morgan fingerprint density at radius 3 is 2.20 bits per heavy atom. The summed E-state index contributed by atoms with van der Waals surface area (Å²) >= 11 is 11.8. The van der Waals surface area contributed by atoms with E-state index in [-0.39, 0.29) is 0 Å². The van der Waals surface area contributed by atoms with E-state index in [1.165, 1.54) is 13.2 Å². The van der Waals surface area contributed by atoms with Crippen LogP contribution in [0.25, 0.3) is 0 Å². The number of anilines is 1. The van der Waals surface area contributed by atoms with Crippen molar-refractivity contribution in [2.75, 3.05) is 20.0 Å². The van der Waals surface area contributed by atoms with Gasteiger partial charge in [-0.05, 0) is 18.2 Å². The first-order chi connectivity index (χ1) is 9.56. The Hall–Kier alpha value is -1.78. The van der Waals surface area contributed by atoms with Crippen LogP contribution in [-0.2, 0) is 0 Å². The minimum atomic E-state index is 0.359. The molecule has 0 saturated heterocycles. The molecule has 0 atom stereocenters. The van der Waals surface area contributed by atoms with Gasteiger partial charge in [-0.3, -0.25) is 0 Å². The van der Waals surface area contributed by atoms with Crippen molar-refractivity contribution in [3.63, 3.8) is 0 Å². The quantitative estimate of drug-likeness (QED) is 0.851. The molecule has 2 aromatic rings. The second kappa shape index (κ2) is 6.11. The Balaban J connectivity index is 2.42. The zero-order chi connectivity index (χ0) is 14.7. The topological polar surface area (TPSA) is 53.7 Å². The summed E-state index contributed by atoms with van der Waals surface area (Å²) in [6, 6.07) is 8.38. The Kier molecular flexibility index (Phi) is 4.47. The number of nitrogens with two attached hydrogens (primary N) is 1. The van der Waals surface area contributed by atoms with E-state index in [2.05, 4.69) is 0 Å². The normalized spacial score (nSPS) is 10.2. The van der Waals surface area contributed by atoms with Crippen molar-refractivity contribution in [3.05, 3.63) is 40.4 Å². The van der Waals surface area contributed by atoms with Gasteiger partial charge in [0.25, 0.3) is 0 Å². The first kappa shape index (κ1) is 14.6. The van der Waals surface area contributed by atoms with Crippen LogP contribution >= 0.6 is 23.2 Å². The summed E-state index contributed by atoms with van der Waals surface area (Å²) in [6.45, 7) is 0. The van der Waals surface area contributed by atoms with E-state index in [0.29, 0.717) is 38.7 Å². The van der Waals surface area contributed by atoms with Crippen LogP contribution in [0.2, 0.25) is 10.0 Å². The lowest BCUT2D eigenvalue weighted by Gasteiger charge is -2.14. The molecular formula is C14H13Cl2NO3. The second-order valence-electron chi connectivity index (χ2n) is 3.90. The fourth-order valence-corrected chi connectivity index (χ4v) is 2.01. The molecular weight excluding hydrogens is 301 g/mol. The zero-order valence-corrected chi connectivity index (χ0v) is 12.5. The van der Waals surface area contributed by atoms with Crippen molar-refractivity contribution in [1.82, 2.24) is 0 Å². The number of hydrogen-bond donors (Lipinski definition) is 1. The molecule has 0 saturated carbocycles. The molecule has 2 N–H and O–H groups in total. The van der Waals surface area contributed by atoms with Crippen LogP contribution in [0.1, 0.15) is 0 Å². The molecule has 0 bridgehead atoms. The molecule has 0 aromatic heterocycles. The van der Waals surface area contributed by atoms with Gasteiger partial charge in [0.05, 0.1) is 30.0 Å². The minimum absolute atomic E-state index is 0.359. The minimum Gasteiger partial charge on any atom is -0.493 e. The van der Waals surface area contributed by atoms with Crippen molar-refractivity contribution in [1.29, 1.82) is 0 Å². The van der Waals surface area contributed by atoms with E-state index in [1.54, 1.807) is 31.4 Å². The van der Waals surface area contributed by atoms with Crippen LogP contribution in [0.3, 0.4) is 0 Å². The molecule has 20 heavy (non-hydrogen) atoms. The van der Waals surface area contributed by atoms with Gasteiger partial charge in [-0.1, -0.05) is 29.3 Å². The second-order valence-corrected chi connectivity index (χ2v) is 4.71. The first-order valence-corrected chi connectivity index (χ1v) is 6.45. The monoisotopic (exact) mass is 313 g/mol. The van der Waals surface area contributed by atoms with E-state index < -0.39 is 0 Å². The van der Waals surface area contributed by atoms with Crippen molar-refractivity contribution in [3.8, 4) is 23.0 Å². The molecule has 0 unspecified atom stereocenters. The predicted octanol–water partition coefficient (Wildman–Crippen LogP) is 4.39. The van der Waals surface area contributed by atoms with Crippen molar-refractivity contribution >= 4 is 28.9 Å². The SMILES string of the molecule is COc1cccc(Oc2cc(Cl)c(Cl)cc2N)c1OC. The molecule has 0 fully saturated rings. The summed E-state index contributed by atoms with van der Waals surface area (Å²) in [5, 5.41) is 0.729. The lowest BCUT2D eigenvalue weighted by atomic mass is 10.2. The van der Waals surface area contributed by atoms with Crippen LogP contribution in [-0.4, -0.2) is 14.2 Å². The molecule has 2 aromatic carbocycles. The van der Waals surface area contributed by atoms with Crippen molar-refractivity contribution in [2.24, 2.45) is 0 Å². The van der Waals surface area contributed by atoms with E-state index in [1.807, 2.05) is 0 Å². The number of methoxy groups -OCH3 is 2. The third-order valence-electron chi connectivity index (χ3n) is 2.64. The van der Waals surface area contributed by atoms with E-state index in [4.69, 9.17) is 43.1 Å². The molecule has 6 heteroatoms. The number of ether oxygens (including phenoxy) is 3. The molecule has 0 spiro atoms. The maximum Gasteiger partial charge on any atom is 0.203 e. The third kappa shape index (κ3) is 2.86. The highest BCUT2D eigenvalue weighted by molar-refractivity contribution is 6.42. The molecule has 0 radical (unpaired) electrons. The van der Waals surface area contributed by atoms with Gasteiger partial charge >= 0.3 is 0 Å². The smallest absolute Gasteiger partial charge is 0.203 e. The summed E-state index contributed by atoms with van der Waals surface area (Å²) in [7, 11) is 3.08. The fraction of sp³-hybridized carbons (Fsp3) is 0.143. The van der Waals surface area contributed by atoms with Crippen molar-refractivity contribution in [2.45, 2.75) is 0 Å². The molecule has 106 valence electrons. The fourth-order valence-electron chi connectivity index (χ4n) is 1.69. The van der Waals surface area contributed by atoms with Crippen molar-refractivity contribution < 1.29 is 14.2 Å². The van der Waals surface area contributed by atoms with Crippen LogP contribution in [0.15, 0.2) is 30.3 Å².